The standard InChI is InChI=1S/C14H19BrFNO/c1-10(2)9-18-7-6-17-11(3)12-4-5-14(16)13(15)8-12/h4-5,8,11,17H,1,6-7,9H2,2-3H3. The lowest BCUT2D eigenvalue weighted by atomic mass is 10.1. The van der Waals surface area contributed by atoms with E-state index in [0.717, 1.165) is 17.7 Å². The summed E-state index contributed by atoms with van der Waals surface area (Å²) in [5.74, 6) is -0.240. The number of rotatable bonds is 7. The van der Waals surface area contributed by atoms with Gasteiger partial charge in [0.15, 0.2) is 0 Å². The van der Waals surface area contributed by atoms with Crippen molar-refractivity contribution in [2.45, 2.75) is 19.9 Å². The van der Waals surface area contributed by atoms with Crippen molar-refractivity contribution >= 4 is 15.9 Å². The molecule has 0 spiro atoms. The Kier molecular flexibility index (Phi) is 6.54. The Labute approximate surface area is 116 Å². The molecule has 1 aromatic carbocycles. The summed E-state index contributed by atoms with van der Waals surface area (Å²) in [7, 11) is 0. The largest absolute Gasteiger partial charge is 0.376 e. The molecule has 1 aromatic rings. The predicted molar refractivity (Wildman–Crippen MR) is 76.2 cm³/mol. The van der Waals surface area contributed by atoms with E-state index in [-0.39, 0.29) is 11.9 Å². The molecule has 0 aliphatic rings. The number of ether oxygens (including phenoxy) is 1. The molecule has 0 aliphatic heterocycles. The van der Waals surface area contributed by atoms with Gasteiger partial charge in [0.1, 0.15) is 5.82 Å². The molecule has 1 rings (SSSR count). The molecular weight excluding hydrogens is 297 g/mol. The summed E-state index contributed by atoms with van der Waals surface area (Å²) in [6.07, 6.45) is 0. The van der Waals surface area contributed by atoms with Crippen molar-refractivity contribution in [1.29, 1.82) is 0 Å². The van der Waals surface area contributed by atoms with Gasteiger partial charge in [-0.2, -0.15) is 0 Å². The number of hydrogen-bond donors (Lipinski definition) is 1. The van der Waals surface area contributed by atoms with E-state index in [1.54, 1.807) is 12.1 Å². The highest BCUT2D eigenvalue weighted by molar-refractivity contribution is 9.10. The summed E-state index contributed by atoms with van der Waals surface area (Å²) in [6.45, 7) is 9.73. The van der Waals surface area contributed by atoms with Crippen LogP contribution in [0, 0.1) is 5.82 Å². The molecule has 0 aromatic heterocycles. The highest BCUT2D eigenvalue weighted by Crippen LogP contribution is 2.20. The second-order valence-corrected chi connectivity index (χ2v) is 5.21. The summed E-state index contributed by atoms with van der Waals surface area (Å²) < 4.78 is 19.0. The second kappa shape index (κ2) is 7.67. The normalized spacial score (nSPS) is 12.4. The highest BCUT2D eigenvalue weighted by atomic mass is 79.9. The highest BCUT2D eigenvalue weighted by Gasteiger charge is 2.07. The van der Waals surface area contributed by atoms with Gasteiger partial charge >= 0.3 is 0 Å². The molecule has 100 valence electrons. The molecule has 1 N–H and O–H groups in total. The van der Waals surface area contributed by atoms with Crippen molar-refractivity contribution < 1.29 is 9.13 Å². The van der Waals surface area contributed by atoms with Gasteiger partial charge < -0.3 is 10.1 Å². The van der Waals surface area contributed by atoms with E-state index in [0.29, 0.717) is 17.7 Å². The zero-order valence-electron chi connectivity index (χ0n) is 10.8. The van der Waals surface area contributed by atoms with Crippen molar-refractivity contribution in [3.05, 3.63) is 46.2 Å². The maximum absolute atomic E-state index is 13.1. The van der Waals surface area contributed by atoms with Gasteiger partial charge in [0.25, 0.3) is 0 Å². The topological polar surface area (TPSA) is 21.3 Å². The van der Waals surface area contributed by atoms with Gasteiger partial charge in [-0.15, -0.1) is 0 Å². The molecule has 0 bridgehead atoms. The Balaban J connectivity index is 2.34. The van der Waals surface area contributed by atoms with Crippen molar-refractivity contribution in [3.63, 3.8) is 0 Å². The number of halogens is 2. The zero-order valence-corrected chi connectivity index (χ0v) is 12.4. The maximum atomic E-state index is 13.1. The van der Waals surface area contributed by atoms with Gasteiger partial charge in [-0.1, -0.05) is 18.2 Å². The molecule has 1 unspecified atom stereocenters. The first-order chi connectivity index (χ1) is 8.50. The number of hydrogen-bond acceptors (Lipinski definition) is 2. The average molecular weight is 316 g/mol. The van der Waals surface area contributed by atoms with Crippen LogP contribution in [0.2, 0.25) is 0 Å². The smallest absolute Gasteiger partial charge is 0.137 e. The fourth-order valence-corrected chi connectivity index (χ4v) is 1.89. The quantitative estimate of drug-likeness (QED) is 0.610. The van der Waals surface area contributed by atoms with Crippen LogP contribution in [0.5, 0.6) is 0 Å². The Bertz CT molecular complexity index is 409. The van der Waals surface area contributed by atoms with Gasteiger partial charge in [-0.25, -0.2) is 4.39 Å². The summed E-state index contributed by atoms with van der Waals surface area (Å²) in [4.78, 5) is 0. The van der Waals surface area contributed by atoms with Crippen LogP contribution in [0.15, 0.2) is 34.8 Å². The molecule has 1 atom stereocenters. The third kappa shape index (κ3) is 5.29. The Morgan fingerprint density at radius 2 is 2.28 bits per heavy atom. The van der Waals surface area contributed by atoms with Crippen LogP contribution >= 0.6 is 15.9 Å². The van der Waals surface area contributed by atoms with E-state index in [9.17, 15) is 4.39 Å². The van der Waals surface area contributed by atoms with Crippen molar-refractivity contribution in [3.8, 4) is 0 Å². The minimum Gasteiger partial charge on any atom is -0.376 e. The lowest BCUT2D eigenvalue weighted by Crippen LogP contribution is -2.23. The fraction of sp³-hybridized carbons (Fsp3) is 0.429. The summed E-state index contributed by atoms with van der Waals surface area (Å²) in [6, 6.07) is 5.21. The van der Waals surface area contributed by atoms with Crippen molar-refractivity contribution in [2.24, 2.45) is 0 Å². The third-order valence-electron chi connectivity index (χ3n) is 2.49. The van der Waals surface area contributed by atoms with Crippen LogP contribution in [-0.4, -0.2) is 19.8 Å². The van der Waals surface area contributed by atoms with E-state index in [2.05, 4.69) is 27.8 Å². The minimum absolute atomic E-state index is 0.162. The molecule has 4 heteroatoms. The van der Waals surface area contributed by atoms with E-state index < -0.39 is 0 Å². The lowest BCUT2D eigenvalue weighted by molar-refractivity contribution is 0.156. The average Bonchev–Trinajstić information content (AvgIpc) is 2.31. The van der Waals surface area contributed by atoms with E-state index >= 15 is 0 Å². The first-order valence-corrected chi connectivity index (χ1v) is 6.70. The van der Waals surface area contributed by atoms with Crippen LogP contribution < -0.4 is 5.32 Å². The fourth-order valence-electron chi connectivity index (χ4n) is 1.49. The van der Waals surface area contributed by atoms with Crippen molar-refractivity contribution in [2.75, 3.05) is 19.8 Å². The van der Waals surface area contributed by atoms with Gasteiger partial charge in [0, 0.05) is 12.6 Å². The first kappa shape index (κ1) is 15.3. The molecule has 0 radical (unpaired) electrons. The van der Waals surface area contributed by atoms with E-state index in [1.165, 1.54) is 6.07 Å². The monoisotopic (exact) mass is 315 g/mol. The first-order valence-electron chi connectivity index (χ1n) is 5.91. The molecule has 0 saturated carbocycles. The predicted octanol–water partition coefficient (Wildman–Crippen LogP) is 3.83. The zero-order chi connectivity index (χ0) is 13.5. The minimum atomic E-state index is -0.240. The van der Waals surface area contributed by atoms with Crippen LogP contribution in [-0.2, 0) is 4.74 Å². The second-order valence-electron chi connectivity index (χ2n) is 4.36. The summed E-state index contributed by atoms with van der Waals surface area (Å²) in [5, 5.41) is 3.32. The molecule has 0 heterocycles. The van der Waals surface area contributed by atoms with Gasteiger partial charge in [0.05, 0.1) is 17.7 Å². The molecule has 2 nitrogen and oxygen atoms in total. The molecule has 18 heavy (non-hydrogen) atoms. The van der Waals surface area contributed by atoms with E-state index in [1.807, 2.05) is 13.8 Å². The van der Waals surface area contributed by atoms with Crippen LogP contribution in [0.4, 0.5) is 4.39 Å². The van der Waals surface area contributed by atoms with Gasteiger partial charge in [0.2, 0.25) is 0 Å². The molecular formula is C14H19BrFNO. The van der Waals surface area contributed by atoms with Gasteiger partial charge in [-0.05, 0) is 47.5 Å². The molecule has 0 fully saturated rings. The van der Waals surface area contributed by atoms with Crippen LogP contribution in [0.25, 0.3) is 0 Å². The van der Waals surface area contributed by atoms with Crippen LogP contribution in [0.1, 0.15) is 25.5 Å². The summed E-state index contributed by atoms with van der Waals surface area (Å²) >= 11 is 3.19. The third-order valence-corrected chi connectivity index (χ3v) is 3.10. The Morgan fingerprint density at radius 1 is 1.56 bits per heavy atom. The molecule has 0 saturated heterocycles. The van der Waals surface area contributed by atoms with Gasteiger partial charge in [-0.3, -0.25) is 0 Å². The van der Waals surface area contributed by atoms with Crippen LogP contribution in [0.3, 0.4) is 0 Å². The lowest BCUT2D eigenvalue weighted by Gasteiger charge is -2.15. The summed E-state index contributed by atoms with van der Waals surface area (Å²) in [5.41, 5.74) is 2.06. The number of nitrogens with one attached hydrogen (secondary N) is 1. The molecule has 0 aliphatic carbocycles. The Hall–Kier alpha value is -0.710. The van der Waals surface area contributed by atoms with Crippen molar-refractivity contribution in [1.82, 2.24) is 5.32 Å². The molecule has 0 amide bonds. The Morgan fingerprint density at radius 3 is 2.89 bits per heavy atom. The number of benzene rings is 1. The SMILES string of the molecule is C=C(C)COCCNC(C)c1ccc(F)c(Br)c1. The maximum Gasteiger partial charge on any atom is 0.137 e. The van der Waals surface area contributed by atoms with E-state index in [4.69, 9.17) is 4.74 Å².